The number of hydrogen-bond donors (Lipinski definition) is 1. The summed E-state index contributed by atoms with van der Waals surface area (Å²) in [6.07, 6.45) is -0.823. The van der Waals surface area contributed by atoms with E-state index in [0.29, 0.717) is 6.04 Å². The molecule has 0 radical (unpaired) electrons. The van der Waals surface area contributed by atoms with E-state index >= 15 is 0 Å². The standard InChI is InChI=1S/C10H11F3N2/c11-10(12,13)8-2-1-5-14-9(8)6-15-7-3-4-7/h1-2,5,7,15H,3-4,6H2. The van der Waals surface area contributed by atoms with Crippen LogP contribution in [-0.4, -0.2) is 11.0 Å². The largest absolute Gasteiger partial charge is 0.418 e. The third-order valence-electron chi connectivity index (χ3n) is 2.33. The van der Waals surface area contributed by atoms with Crippen molar-refractivity contribution in [3.8, 4) is 0 Å². The highest BCUT2D eigenvalue weighted by Gasteiger charge is 2.34. The summed E-state index contributed by atoms with van der Waals surface area (Å²) >= 11 is 0. The van der Waals surface area contributed by atoms with E-state index in [0.717, 1.165) is 18.9 Å². The monoisotopic (exact) mass is 216 g/mol. The van der Waals surface area contributed by atoms with Crippen LogP contribution in [0.15, 0.2) is 18.3 Å². The third kappa shape index (κ3) is 2.68. The van der Waals surface area contributed by atoms with Crippen LogP contribution in [0.5, 0.6) is 0 Å². The quantitative estimate of drug-likeness (QED) is 0.838. The molecule has 1 saturated carbocycles. The van der Waals surface area contributed by atoms with Gasteiger partial charge in [0, 0.05) is 18.8 Å². The molecular formula is C10H11F3N2. The fourth-order valence-corrected chi connectivity index (χ4v) is 1.37. The SMILES string of the molecule is FC(F)(F)c1cccnc1CNC1CC1. The maximum Gasteiger partial charge on any atom is 0.418 e. The average Bonchev–Trinajstić information content (AvgIpc) is 2.97. The van der Waals surface area contributed by atoms with Crippen LogP contribution in [0.4, 0.5) is 13.2 Å². The second kappa shape index (κ2) is 3.81. The molecule has 1 N–H and O–H groups in total. The first-order valence-electron chi connectivity index (χ1n) is 4.82. The topological polar surface area (TPSA) is 24.9 Å². The van der Waals surface area contributed by atoms with Crippen LogP contribution >= 0.6 is 0 Å². The molecule has 1 aliphatic rings. The van der Waals surface area contributed by atoms with Crippen LogP contribution < -0.4 is 5.32 Å². The molecule has 1 aliphatic carbocycles. The van der Waals surface area contributed by atoms with E-state index in [1.165, 1.54) is 12.3 Å². The molecule has 82 valence electrons. The molecule has 2 nitrogen and oxygen atoms in total. The zero-order valence-electron chi connectivity index (χ0n) is 8.01. The minimum Gasteiger partial charge on any atom is -0.308 e. The van der Waals surface area contributed by atoms with Crippen molar-refractivity contribution in [2.75, 3.05) is 0 Å². The van der Waals surface area contributed by atoms with Gasteiger partial charge in [-0.15, -0.1) is 0 Å². The van der Waals surface area contributed by atoms with Crippen LogP contribution in [0.2, 0.25) is 0 Å². The lowest BCUT2D eigenvalue weighted by Gasteiger charge is -2.11. The molecule has 0 aromatic carbocycles. The maximum absolute atomic E-state index is 12.5. The summed E-state index contributed by atoms with van der Waals surface area (Å²) < 4.78 is 37.6. The average molecular weight is 216 g/mol. The van der Waals surface area contributed by atoms with Crippen molar-refractivity contribution < 1.29 is 13.2 Å². The number of halogens is 3. The van der Waals surface area contributed by atoms with Crippen LogP contribution in [0, 0.1) is 0 Å². The van der Waals surface area contributed by atoms with E-state index < -0.39 is 11.7 Å². The highest BCUT2D eigenvalue weighted by Crippen LogP contribution is 2.31. The Morgan fingerprint density at radius 2 is 2.13 bits per heavy atom. The number of nitrogens with zero attached hydrogens (tertiary/aromatic N) is 1. The number of rotatable bonds is 3. The van der Waals surface area contributed by atoms with Gasteiger partial charge < -0.3 is 5.32 Å². The van der Waals surface area contributed by atoms with Crippen LogP contribution in [-0.2, 0) is 12.7 Å². The molecule has 5 heteroatoms. The van der Waals surface area contributed by atoms with Crippen molar-refractivity contribution in [2.45, 2.75) is 31.6 Å². The lowest BCUT2D eigenvalue weighted by molar-refractivity contribution is -0.138. The summed E-state index contributed by atoms with van der Waals surface area (Å²) in [6, 6.07) is 2.76. The van der Waals surface area contributed by atoms with E-state index in [4.69, 9.17) is 0 Å². The predicted molar refractivity (Wildman–Crippen MR) is 49.1 cm³/mol. The maximum atomic E-state index is 12.5. The minimum atomic E-state index is -4.31. The molecule has 0 saturated heterocycles. The van der Waals surface area contributed by atoms with E-state index in [-0.39, 0.29) is 12.2 Å². The van der Waals surface area contributed by atoms with Crippen molar-refractivity contribution in [2.24, 2.45) is 0 Å². The Kier molecular flexibility index (Phi) is 2.65. The normalized spacial score (nSPS) is 16.7. The molecule has 2 rings (SSSR count). The van der Waals surface area contributed by atoms with Crippen LogP contribution in [0.3, 0.4) is 0 Å². The Morgan fingerprint density at radius 1 is 1.40 bits per heavy atom. The van der Waals surface area contributed by atoms with Gasteiger partial charge in [-0.3, -0.25) is 4.98 Å². The van der Waals surface area contributed by atoms with Crippen molar-refractivity contribution in [1.29, 1.82) is 0 Å². The van der Waals surface area contributed by atoms with Gasteiger partial charge in [0.1, 0.15) is 0 Å². The van der Waals surface area contributed by atoms with Crippen molar-refractivity contribution in [1.82, 2.24) is 10.3 Å². The van der Waals surface area contributed by atoms with Gasteiger partial charge in [-0.25, -0.2) is 0 Å². The summed E-state index contributed by atoms with van der Waals surface area (Å²) in [5.74, 6) is 0. The van der Waals surface area contributed by atoms with E-state index in [1.807, 2.05) is 0 Å². The fraction of sp³-hybridized carbons (Fsp3) is 0.500. The molecule has 15 heavy (non-hydrogen) atoms. The molecule has 0 spiro atoms. The second-order valence-electron chi connectivity index (χ2n) is 3.65. The first kappa shape index (κ1) is 10.4. The molecule has 1 fully saturated rings. The molecule has 0 unspecified atom stereocenters. The zero-order valence-corrected chi connectivity index (χ0v) is 8.01. The van der Waals surface area contributed by atoms with Gasteiger partial charge in [-0.1, -0.05) is 0 Å². The van der Waals surface area contributed by atoms with Crippen molar-refractivity contribution in [3.05, 3.63) is 29.6 Å². The van der Waals surface area contributed by atoms with Crippen LogP contribution in [0.1, 0.15) is 24.1 Å². The van der Waals surface area contributed by atoms with Gasteiger partial charge in [0.15, 0.2) is 0 Å². The molecule has 1 aromatic heterocycles. The summed E-state index contributed by atoms with van der Waals surface area (Å²) in [5, 5.41) is 3.02. The van der Waals surface area contributed by atoms with Crippen molar-refractivity contribution in [3.63, 3.8) is 0 Å². The minimum absolute atomic E-state index is 0.0805. The third-order valence-corrected chi connectivity index (χ3v) is 2.33. The molecule has 1 heterocycles. The van der Waals surface area contributed by atoms with Gasteiger partial charge in [0.2, 0.25) is 0 Å². The highest BCUT2D eigenvalue weighted by molar-refractivity contribution is 5.23. The van der Waals surface area contributed by atoms with Gasteiger partial charge >= 0.3 is 6.18 Å². The van der Waals surface area contributed by atoms with E-state index in [1.54, 1.807) is 0 Å². The predicted octanol–water partition coefficient (Wildman–Crippen LogP) is 2.35. The number of nitrogens with one attached hydrogen (secondary N) is 1. The fourth-order valence-electron chi connectivity index (χ4n) is 1.37. The van der Waals surface area contributed by atoms with Gasteiger partial charge in [-0.2, -0.15) is 13.2 Å². The Morgan fingerprint density at radius 3 is 2.73 bits per heavy atom. The molecular weight excluding hydrogens is 205 g/mol. The summed E-state index contributed by atoms with van der Waals surface area (Å²) in [4.78, 5) is 3.76. The molecule has 0 amide bonds. The zero-order chi connectivity index (χ0) is 10.9. The van der Waals surface area contributed by atoms with Crippen molar-refractivity contribution >= 4 is 0 Å². The summed E-state index contributed by atoms with van der Waals surface area (Å²) in [6.45, 7) is 0.195. The first-order valence-corrected chi connectivity index (χ1v) is 4.82. The second-order valence-corrected chi connectivity index (χ2v) is 3.65. The Bertz CT molecular complexity index is 345. The number of alkyl halides is 3. The highest BCUT2D eigenvalue weighted by atomic mass is 19.4. The lowest BCUT2D eigenvalue weighted by atomic mass is 10.2. The van der Waals surface area contributed by atoms with Gasteiger partial charge in [0.05, 0.1) is 11.3 Å². The summed E-state index contributed by atoms with van der Waals surface area (Å²) in [5.41, 5.74) is -0.560. The lowest BCUT2D eigenvalue weighted by Crippen LogP contribution is -2.20. The Hall–Kier alpha value is -1.10. The van der Waals surface area contributed by atoms with Gasteiger partial charge in [-0.05, 0) is 25.0 Å². The molecule has 0 atom stereocenters. The van der Waals surface area contributed by atoms with E-state index in [2.05, 4.69) is 10.3 Å². The number of pyridine rings is 1. The Labute approximate surface area is 85.5 Å². The molecule has 1 aromatic rings. The number of hydrogen-bond acceptors (Lipinski definition) is 2. The smallest absolute Gasteiger partial charge is 0.308 e. The molecule has 0 bridgehead atoms. The number of aromatic nitrogens is 1. The van der Waals surface area contributed by atoms with Gasteiger partial charge in [0.25, 0.3) is 0 Å². The van der Waals surface area contributed by atoms with E-state index in [9.17, 15) is 13.2 Å². The van der Waals surface area contributed by atoms with Crippen LogP contribution in [0.25, 0.3) is 0 Å². The summed E-state index contributed by atoms with van der Waals surface area (Å²) in [7, 11) is 0. The Balaban J connectivity index is 2.13. The molecule has 0 aliphatic heterocycles. The first-order chi connectivity index (χ1) is 7.07.